The highest BCUT2D eigenvalue weighted by molar-refractivity contribution is 5.96. The average molecular weight is 388 g/mol. The lowest BCUT2D eigenvalue weighted by Crippen LogP contribution is -2.54. The molecule has 0 spiro atoms. The van der Waals surface area contributed by atoms with Crippen molar-refractivity contribution in [2.45, 2.75) is 38.4 Å². The lowest BCUT2D eigenvalue weighted by atomic mass is 9.85. The Labute approximate surface area is 159 Å². The molecular formula is C20H19F3N4O. The Bertz CT molecular complexity index is 1060. The summed E-state index contributed by atoms with van der Waals surface area (Å²) in [5.41, 5.74) is -1.23. The first-order chi connectivity index (χ1) is 13.3. The number of likely N-dealkylation sites (tertiary alicyclic amines) is 1. The monoisotopic (exact) mass is 388 g/mol. The Morgan fingerprint density at radius 3 is 2.71 bits per heavy atom. The molecule has 1 N–H and O–H groups in total. The molecule has 0 aliphatic carbocycles. The van der Waals surface area contributed by atoms with E-state index in [2.05, 4.69) is 15.0 Å². The molecule has 3 aromatic rings. The summed E-state index contributed by atoms with van der Waals surface area (Å²) in [4.78, 5) is 25.2. The molecule has 8 heteroatoms. The molecule has 4 rings (SSSR count). The van der Waals surface area contributed by atoms with Crippen molar-refractivity contribution in [2.24, 2.45) is 0 Å². The van der Waals surface area contributed by atoms with Crippen molar-refractivity contribution < 1.29 is 18.0 Å². The number of hydrogen-bond acceptors (Lipinski definition) is 3. The third-order valence-electron chi connectivity index (χ3n) is 5.46. The molecule has 0 saturated carbocycles. The van der Waals surface area contributed by atoms with Crippen LogP contribution in [0.15, 0.2) is 36.7 Å². The third-order valence-corrected chi connectivity index (χ3v) is 5.46. The van der Waals surface area contributed by atoms with Crippen LogP contribution in [-0.2, 0) is 5.54 Å². The van der Waals surface area contributed by atoms with Crippen LogP contribution in [0.3, 0.4) is 0 Å². The normalized spacial score (nSPS) is 20.1. The van der Waals surface area contributed by atoms with E-state index in [1.807, 2.05) is 0 Å². The van der Waals surface area contributed by atoms with Gasteiger partial charge in [0.1, 0.15) is 5.82 Å². The van der Waals surface area contributed by atoms with Crippen molar-refractivity contribution in [3.05, 3.63) is 59.3 Å². The van der Waals surface area contributed by atoms with Crippen LogP contribution < -0.4 is 0 Å². The summed E-state index contributed by atoms with van der Waals surface area (Å²) in [6.45, 7) is 3.30. The molecule has 1 aliphatic heterocycles. The van der Waals surface area contributed by atoms with Crippen LogP contribution in [0, 0.1) is 13.8 Å². The zero-order valence-electron chi connectivity index (χ0n) is 15.5. The summed E-state index contributed by atoms with van der Waals surface area (Å²) in [5.74, 6) is -0.230. The van der Waals surface area contributed by atoms with E-state index in [0.29, 0.717) is 22.4 Å². The Morgan fingerprint density at radius 2 is 2.00 bits per heavy atom. The smallest absolute Gasteiger partial charge is 0.361 e. The molecule has 1 fully saturated rings. The highest BCUT2D eigenvalue weighted by atomic mass is 19.4. The van der Waals surface area contributed by atoms with Gasteiger partial charge in [0.25, 0.3) is 5.91 Å². The molecule has 0 radical (unpaired) electrons. The number of rotatable bonds is 2. The van der Waals surface area contributed by atoms with E-state index in [1.165, 1.54) is 12.4 Å². The number of aromatic amines is 1. The molecule has 2 aromatic heterocycles. The molecule has 3 heterocycles. The zero-order valence-corrected chi connectivity index (χ0v) is 15.5. The third kappa shape index (κ3) is 2.58. The minimum atomic E-state index is -4.64. The quantitative estimate of drug-likeness (QED) is 0.713. The lowest BCUT2D eigenvalue weighted by Gasteiger charge is -2.40. The van der Waals surface area contributed by atoms with Crippen LogP contribution >= 0.6 is 0 Å². The van der Waals surface area contributed by atoms with Gasteiger partial charge in [-0.3, -0.25) is 4.79 Å². The van der Waals surface area contributed by atoms with Gasteiger partial charge < -0.3 is 9.88 Å². The SMILES string of the molecule is Cc1ncc(C(=O)N2CCC[C@@]2(c2c[nH]c3ccccc23)C(F)(F)F)c(C)n1. The fraction of sp³-hybridized carbons (Fsp3) is 0.350. The fourth-order valence-corrected chi connectivity index (χ4v) is 4.17. The van der Waals surface area contributed by atoms with Crippen LogP contribution in [0.2, 0.25) is 0 Å². The van der Waals surface area contributed by atoms with Gasteiger partial charge in [-0.2, -0.15) is 13.2 Å². The van der Waals surface area contributed by atoms with E-state index in [4.69, 9.17) is 0 Å². The first-order valence-corrected chi connectivity index (χ1v) is 9.01. The Balaban J connectivity index is 1.90. The molecule has 0 unspecified atom stereocenters. The summed E-state index contributed by atoms with van der Waals surface area (Å²) in [6, 6.07) is 6.83. The van der Waals surface area contributed by atoms with Gasteiger partial charge in [0.05, 0.1) is 11.3 Å². The number of alkyl halides is 3. The topological polar surface area (TPSA) is 61.9 Å². The van der Waals surface area contributed by atoms with Gasteiger partial charge in [-0.15, -0.1) is 0 Å². The molecule has 1 aliphatic rings. The molecule has 1 atom stereocenters. The van der Waals surface area contributed by atoms with Gasteiger partial charge in [0, 0.05) is 35.4 Å². The number of amides is 1. The largest absolute Gasteiger partial charge is 0.416 e. The molecule has 5 nitrogen and oxygen atoms in total. The second-order valence-corrected chi connectivity index (χ2v) is 7.08. The second kappa shape index (κ2) is 6.32. The number of benzene rings is 1. The highest BCUT2D eigenvalue weighted by Gasteiger charge is 2.63. The summed E-state index contributed by atoms with van der Waals surface area (Å²) < 4.78 is 43.7. The Kier molecular flexibility index (Phi) is 4.17. The number of hydrogen-bond donors (Lipinski definition) is 1. The predicted molar refractivity (Wildman–Crippen MR) is 97.8 cm³/mol. The molecule has 1 amide bonds. The van der Waals surface area contributed by atoms with E-state index in [9.17, 15) is 18.0 Å². The number of H-pyrrole nitrogens is 1. The number of aromatic nitrogens is 3. The summed E-state index contributed by atoms with van der Waals surface area (Å²) in [6.07, 6.45) is -1.87. The first kappa shape index (κ1) is 18.5. The van der Waals surface area contributed by atoms with Gasteiger partial charge in [-0.25, -0.2) is 9.97 Å². The average Bonchev–Trinajstić information content (AvgIpc) is 3.25. The van der Waals surface area contributed by atoms with Gasteiger partial charge in [-0.05, 0) is 32.8 Å². The minimum Gasteiger partial charge on any atom is -0.361 e. The number of nitrogens with zero attached hydrogens (tertiary/aromatic N) is 3. The number of fused-ring (bicyclic) bond motifs is 1. The van der Waals surface area contributed by atoms with Crippen molar-refractivity contribution >= 4 is 16.8 Å². The maximum Gasteiger partial charge on any atom is 0.416 e. The van der Waals surface area contributed by atoms with E-state index >= 15 is 0 Å². The van der Waals surface area contributed by atoms with Crippen LogP contribution in [-0.4, -0.2) is 38.5 Å². The Morgan fingerprint density at radius 1 is 1.25 bits per heavy atom. The zero-order chi connectivity index (χ0) is 20.1. The Hall–Kier alpha value is -2.90. The molecular weight excluding hydrogens is 369 g/mol. The van der Waals surface area contributed by atoms with E-state index in [1.54, 1.807) is 38.1 Å². The van der Waals surface area contributed by atoms with Crippen molar-refractivity contribution in [3.8, 4) is 0 Å². The molecule has 1 saturated heterocycles. The lowest BCUT2D eigenvalue weighted by molar-refractivity contribution is -0.220. The van der Waals surface area contributed by atoms with Gasteiger partial charge >= 0.3 is 6.18 Å². The van der Waals surface area contributed by atoms with Crippen LogP contribution in [0.5, 0.6) is 0 Å². The van der Waals surface area contributed by atoms with Crippen LogP contribution in [0.1, 0.15) is 40.3 Å². The van der Waals surface area contributed by atoms with Crippen molar-refractivity contribution in [3.63, 3.8) is 0 Å². The maximum atomic E-state index is 14.6. The highest BCUT2D eigenvalue weighted by Crippen LogP contribution is 2.52. The predicted octanol–water partition coefficient (Wildman–Crippen LogP) is 4.27. The summed E-state index contributed by atoms with van der Waals surface area (Å²) in [7, 11) is 0. The molecule has 1 aromatic carbocycles. The first-order valence-electron chi connectivity index (χ1n) is 9.01. The number of aryl methyl sites for hydroxylation is 2. The van der Waals surface area contributed by atoms with E-state index in [0.717, 1.165) is 4.90 Å². The van der Waals surface area contributed by atoms with E-state index in [-0.39, 0.29) is 30.5 Å². The van der Waals surface area contributed by atoms with Crippen LogP contribution in [0.4, 0.5) is 13.2 Å². The minimum absolute atomic E-state index is 0.0190. The van der Waals surface area contributed by atoms with Gasteiger partial charge in [0.15, 0.2) is 5.54 Å². The number of para-hydroxylation sites is 1. The van der Waals surface area contributed by atoms with Crippen molar-refractivity contribution in [1.29, 1.82) is 0 Å². The fourth-order valence-electron chi connectivity index (χ4n) is 4.17. The number of nitrogens with one attached hydrogen (secondary N) is 1. The molecule has 146 valence electrons. The van der Waals surface area contributed by atoms with Crippen molar-refractivity contribution in [2.75, 3.05) is 6.54 Å². The van der Waals surface area contributed by atoms with E-state index < -0.39 is 17.6 Å². The van der Waals surface area contributed by atoms with Gasteiger partial charge in [0.2, 0.25) is 0 Å². The van der Waals surface area contributed by atoms with Crippen molar-refractivity contribution in [1.82, 2.24) is 19.9 Å². The molecule has 28 heavy (non-hydrogen) atoms. The maximum absolute atomic E-state index is 14.6. The van der Waals surface area contributed by atoms with Gasteiger partial charge in [-0.1, -0.05) is 18.2 Å². The number of halogens is 3. The van der Waals surface area contributed by atoms with Crippen LogP contribution in [0.25, 0.3) is 10.9 Å². The number of carbonyl (C=O) groups excluding carboxylic acids is 1. The summed E-state index contributed by atoms with van der Waals surface area (Å²) in [5, 5.41) is 0.469. The summed E-state index contributed by atoms with van der Waals surface area (Å²) >= 11 is 0. The molecule has 0 bridgehead atoms. The standard InChI is InChI=1S/C20H19F3N4O/c1-12-15(10-24-13(2)26-12)18(28)27-9-5-8-19(27,20(21,22)23)16-11-25-17-7-4-3-6-14(16)17/h3-4,6-7,10-11,25H,5,8-9H2,1-2H3/t19-/m1/s1. The number of carbonyl (C=O) groups is 1. The second-order valence-electron chi connectivity index (χ2n) is 7.08.